The standard InChI is InChI=1S/C21H23N5O5S/c1-31-19-10-9-15(32(29,30)25-13-7-8-13)11-16(19)23-21(28)17-12-18(20(22)27)26(24-17)14-5-3-2-4-6-14/h2-6,9-11,13,18,25H,7-8,12H2,1H3,(H2,22,27)(H,23,28). The average Bonchev–Trinajstić information content (AvgIpc) is 3.45. The van der Waals surface area contributed by atoms with Gasteiger partial charge in [0.15, 0.2) is 0 Å². The molecule has 11 heteroatoms. The second kappa shape index (κ2) is 8.60. The third-order valence-corrected chi connectivity index (χ3v) is 6.67. The lowest BCUT2D eigenvalue weighted by atomic mass is 10.1. The smallest absolute Gasteiger partial charge is 0.272 e. The van der Waals surface area contributed by atoms with E-state index in [0.717, 1.165) is 12.8 Å². The van der Waals surface area contributed by atoms with Gasteiger partial charge in [-0.1, -0.05) is 18.2 Å². The Bertz CT molecular complexity index is 1180. The van der Waals surface area contributed by atoms with E-state index >= 15 is 0 Å². The van der Waals surface area contributed by atoms with E-state index in [4.69, 9.17) is 10.5 Å². The van der Waals surface area contributed by atoms with Crippen LogP contribution < -0.4 is 25.5 Å². The number of nitrogens with one attached hydrogen (secondary N) is 2. The number of amides is 2. The summed E-state index contributed by atoms with van der Waals surface area (Å²) in [6.07, 6.45) is 1.62. The van der Waals surface area contributed by atoms with E-state index in [9.17, 15) is 18.0 Å². The van der Waals surface area contributed by atoms with Gasteiger partial charge < -0.3 is 15.8 Å². The maximum absolute atomic E-state index is 12.9. The Balaban J connectivity index is 1.59. The SMILES string of the molecule is COc1ccc(S(=O)(=O)NC2CC2)cc1NC(=O)C1=NN(c2ccccc2)C(C(N)=O)C1. The van der Waals surface area contributed by atoms with Crippen molar-refractivity contribution in [2.45, 2.75) is 36.2 Å². The number of carbonyl (C=O) groups excluding carboxylic acids is 2. The molecule has 1 unspecified atom stereocenters. The number of ether oxygens (including phenoxy) is 1. The quantitative estimate of drug-likeness (QED) is 0.543. The van der Waals surface area contributed by atoms with Gasteiger partial charge in [0.1, 0.15) is 17.5 Å². The number of rotatable bonds is 8. The van der Waals surface area contributed by atoms with Crippen LogP contribution in [-0.4, -0.2) is 45.1 Å². The van der Waals surface area contributed by atoms with Crippen molar-refractivity contribution in [3.8, 4) is 5.75 Å². The van der Waals surface area contributed by atoms with E-state index < -0.39 is 27.9 Å². The molecule has 0 aromatic heterocycles. The number of sulfonamides is 1. The van der Waals surface area contributed by atoms with Gasteiger partial charge in [0.2, 0.25) is 15.9 Å². The molecular weight excluding hydrogens is 434 g/mol. The Labute approximate surface area is 185 Å². The third kappa shape index (κ3) is 4.58. The summed E-state index contributed by atoms with van der Waals surface area (Å²) in [6.45, 7) is 0. The Hall–Kier alpha value is -3.44. The minimum absolute atomic E-state index is 0.00906. The zero-order valence-electron chi connectivity index (χ0n) is 17.3. The monoisotopic (exact) mass is 457 g/mol. The van der Waals surface area contributed by atoms with Gasteiger partial charge in [0.25, 0.3) is 5.91 Å². The van der Waals surface area contributed by atoms with Crippen molar-refractivity contribution < 1.29 is 22.7 Å². The molecule has 32 heavy (non-hydrogen) atoms. The predicted octanol–water partition coefficient (Wildman–Crippen LogP) is 1.19. The molecule has 2 amide bonds. The van der Waals surface area contributed by atoms with E-state index in [1.54, 1.807) is 24.3 Å². The van der Waals surface area contributed by atoms with E-state index in [1.807, 2.05) is 6.07 Å². The van der Waals surface area contributed by atoms with Crippen LogP contribution in [0.3, 0.4) is 0 Å². The van der Waals surface area contributed by atoms with Crippen LogP contribution in [0.2, 0.25) is 0 Å². The molecule has 1 saturated carbocycles. The molecule has 1 heterocycles. The van der Waals surface area contributed by atoms with Gasteiger partial charge in [-0.25, -0.2) is 13.1 Å². The van der Waals surface area contributed by atoms with Crippen molar-refractivity contribution in [3.05, 3.63) is 48.5 Å². The number of primary amides is 1. The second-order valence-electron chi connectivity index (χ2n) is 7.56. The van der Waals surface area contributed by atoms with Gasteiger partial charge >= 0.3 is 0 Å². The summed E-state index contributed by atoms with van der Waals surface area (Å²) < 4.78 is 33.0. The molecule has 1 atom stereocenters. The highest BCUT2D eigenvalue weighted by atomic mass is 32.2. The van der Waals surface area contributed by atoms with Crippen LogP contribution in [0, 0.1) is 0 Å². The van der Waals surface area contributed by atoms with Gasteiger partial charge in [0, 0.05) is 12.5 Å². The molecular formula is C21H23N5O5S. The second-order valence-corrected chi connectivity index (χ2v) is 9.27. The zero-order valence-corrected chi connectivity index (χ0v) is 18.1. The Morgan fingerprint density at radius 3 is 2.50 bits per heavy atom. The first-order valence-corrected chi connectivity index (χ1v) is 11.5. The van der Waals surface area contributed by atoms with Gasteiger partial charge in [0.05, 0.1) is 23.4 Å². The number of nitrogens with zero attached hydrogens (tertiary/aromatic N) is 2. The van der Waals surface area contributed by atoms with Crippen molar-refractivity contribution in [1.82, 2.24) is 4.72 Å². The van der Waals surface area contributed by atoms with Crippen LogP contribution in [0.5, 0.6) is 5.75 Å². The molecule has 0 bridgehead atoms. The molecule has 2 aromatic rings. The fraction of sp³-hybridized carbons (Fsp3) is 0.286. The fourth-order valence-electron chi connectivity index (χ4n) is 3.32. The minimum Gasteiger partial charge on any atom is -0.495 e. The van der Waals surface area contributed by atoms with Crippen molar-refractivity contribution in [2.75, 3.05) is 17.4 Å². The molecule has 1 fully saturated rings. The average molecular weight is 458 g/mol. The molecule has 1 aliphatic carbocycles. The maximum atomic E-state index is 12.9. The zero-order chi connectivity index (χ0) is 22.9. The lowest BCUT2D eigenvalue weighted by molar-refractivity contribution is -0.119. The summed E-state index contributed by atoms with van der Waals surface area (Å²) in [5.41, 5.74) is 6.40. The molecule has 10 nitrogen and oxygen atoms in total. The van der Waals surface area contributed by atoms with Gasteiger partial charge in [-0.05, 0) is 43.2 Å². The molecule has 0 spiro atoms. The number of benzene rings is 2. The van der Waals surface area contributed by atoms with Crippen LogP contribution >= 0.6 is 0 Å². The molecule has 0 radical (unpaired) electrons. The summed E-state index contributed by atoms with van der Waals surface area (Å²) in [4.78, 5) is 24.9. The lowest BCUT2D eigenvalue weighted by Crippen LogP contribution is -2.39. The topological polar surface area (TPSA) is 143 Å². The highest BCUT2D eigenvalue weighted by Gasteiger charge is 2.35. The Kier molecular flexibility index (Phi) is 5.85. The van der Waals surface area contributed by atoms with E-state index in [2.05, 4.69) is 15.1 Å². The number of hydrogen-bond donors (Lipinski definition) is 3. The van der Waals surface area contributed by atoms with Crippen molar-refractivity contribution in [3.63, 3.8) is 0 Å². The largest absolute Gasteiger partial charge is 0.495 e. The highest BCUT2D eigenvalue weighted by Crippen LogP contribution is 2.30. The summed E-state index contributed by atoms with van der Waals surface area (Å²) in [5, 5.41) is 8.36. The summed E-state index contributed by atoms with van der Waals surface area (Å²) in [5.74, 6) is -0.913. The summed E-state index contributed by atoms with van der Waals surface area (Å²) in [7, 11) is -2.31. The van der Waals surface area contributed by atoms with E-state index in [1.165, 1.54) is 30.3 Å². The molecule has 1 aliphatic heterocycles. The first kappa shape index (κ1) is 21.8. The number of hydrogen-bond acceptors (Lipinski definition) is 7. The van der Waals surface area contributed by atoms with Crippen LogP contribution in [0.4, 0.5) is 11.4 Å². The molecule has 2 aromatic carbocycles. The number of anilines is 2. The summed E-state index contributed by atoms with van der Waals surface area (Å²) in [6, 6.07) is 12.2. The van der Waals surface area contributed by atoms with Crippen molar-refractivity contribution in [2.24, 2.45) is 10.8 Å². The Morgan fingerprint density at radius 2 is 1.88 bits per heavy atom. The first-order valence-electron chi connectivity index (χ1n) is 10.0. The number of hydrazone groups is 1. The van der Waals surface area contributed by atoms with Crippen molar-refractivity contribution >= 4 is 38.9 Å². The van der Waals surface area contributed by atoms with Crippen LogP contribution in [0.25, 0.3) is 0 Å². The fourth-order valence-corrected chi connectivity index (χ4v) is 4.65. The highest BCUT2D eigenvalue weighted by molar-refractivity contribution is 7.89. The van der Waals surface area contributed by atoms with Crippen LogP contribution in [0.15, 0.2) is 58.5 Å². The van der Waals surface area contributed by atoms with E-state index in [0.29, 0.717) is 5.69 Å². The predicted molar refractivity (Wildman–Crippen MR) is 119 cm³/mol. The normalized spacial score (nSPS) is 18.2. The molecule has 2 aliphatic rings. The van der Waals surface area contributed by atoms with Gasteiger partial charge in [-0.15, -0.1) is 0 Å². The van der Waals surface area contributed by atoms with Crippen molar-refractivity contribution in [1.29, 1.82) is 0 Å². The molecule has 168 valence electrons. The first-order chi connectivity index (χ1) is 15.3. The van der Waals surface area contributed by atoms with Crippen LogP contribution in [0.1, 0.15) is 19.3 Å². The maximum Gasteiger partial charge on any atom is 0.272 e. The Morgan fingerprint density at radius 1 is 1.16 bits per heavy atom. The van der Waals surface area contributed by atoms with Gasteiger partial charge in [-0.2, -0.15) is 5.10 Å². The number of methoxy groups -OCH3 is 1. The molecule has 4 rings (SSSR count). The van der Waals surface area contributed by atoms with Crippen LogP contribution in [-0.2, 0) is 19.6 Å². The van der Waals surface area contributed by atoms with Gasteiger partial charge in [-0.3, -0.25) is 14.6 Å². The minimum atomic E-state index is -3.72. The molecule has 4 N–H and O–H groups in total. The van der Waals surface area contributed by atoms with E-state index in [-0.39, 0.29) is 34.5 Å². The summed E-state index contributed by atoms with van der Waals surface area (Å²) >= 11 is 0. The lowest BCUT2D eigenvalue weighted by Gasteiger charge is -2.20. The number of nitrogens with two attached hydrogens (primary N) is 1. The third-order valence-electron chi connectivity index (χ3n) is 5.15. The number of para-hydroxylation sites is 1. The molecule has 0 saturated heterocycles. The number of carbonyl (C=O) groups is 2.